The molecule has 0 aliphatic rings. The molecule has 1 rings (SSSR count). The minimum atomic E-state index is -0.931. The number of hydrogen-bond acceptors (Lipinski definition) is 2. The van der Waals surface area contributed by atoms with Gasteiger partial charge in [0.25, 0.3) is 0 Å². The van der Waals surface area contributed by atoms with Crippen LogP contribution in [0.25, 0.3) is 0 Å². The smallest absolute Gasteiger partial charge is 0.323 e. The molecule has 0 fully saturated rings. The zero-order valence-corrected chi connectivity index (χ0v) is 5.75. The summed E-state index contributed by atoms with van der Waals surface area (Å²) >= 11 is 5.52. The fourth-order valence-corrected chi connectivity index (χ4v) is 0.726. The second kappa shape index (κ2) is 2.70. The van der Waals surface area contributed by atoms with Gasteiger partial charge in [-0.1, -0.05) is 11.6 Å². The number of nitrogens with zero attached hydrogens (tertiary/aromatic N) is 2. The van der Waals surface area contributed by atoms with Crippen molar-refractivity contribution in [3.63, 3.8) is 0 Å². The zero-order valence-electron chi connectivity index (χ0n) is 4.99. The second-order valence-corrected chi connectivity index (χ2v) is 2.13. The van der Waals surface area contributed by atoms with Crippen molar-refractivity contribution in [2.75, 3.05) is 0 Å². The molecule has 0 amide bonds. The molecule has 54 valence electrons. The third-order valence-corrected chi connectivity index (χ3v) is 1.28. The third kappa shape index (κ3) is 1.48. The first-order valence-corrected chi connectivity index (χ1v) is 2.95. The van der Waals surface area contributed by atoms with E-state index in [0.29, 0.717) is 5.15 Å². The Labute approximate surface area is 62.1 Å². The van der Waals surface area contributed by atoms with Gasteiger partial charge in [0.1, 0.15) is 11.7 Å². The summed E-state index contributed by atoms with van der Waals surface area (Å²) in [5.41, 5.74) is 0. The van der Waals surface area contributed by atoms with E-state index in [1.54, 1.807) is 0 Å². The summed E-state index contributed by atoms with van der Waals surface area (Å²) < 4.78 is 1.34. The number of rotatable bonds is 2. The number of carboxylic acid groups (broad SMARTS) is 1. The molecule has 0 aromatic carbocycles. The van der Waals surface area contributed by atoms with Gasteiger partial charge in [-0.3, -0.25) is 4.79 Å². The van der Waals surface area contributed by atoms with Gasteiger partial charge in [-0.15, -0.1) is 0 Å². The van der Waals surface area contributed by atoms with Gasteiger partial charge in [-0.2, -0.15) is 0 Å². The first-order valence-electron chi connectivity index (χ1n) is 2.57. The number of aliphatic carboxylic acids is 1. The maximum Gasteiger partial charge on any atom is 0.323 e. The number of halogens is 1. The second-order valence-electron chi connectivity index (χ2n) is 1.74. The summed E-state index contributed by atoms with van der Waals surface area (Å²) in [5.74, 6) is -0.931. The van der Waals surface area contributed by atoms with E-state index in [2.05, 4.69) is 4.98 Å². The molecule has 0 bridgehead atoms. The van der Waals surface area contributed by atoms with E-state index in [0.717, 1.165) is 0 Å². The summed E-state index contributed by atoms with van der Waals surface area (Å²) in [5, 5.41) is 8.64. The lowest BCUT2D eigenvalue weighted by Crippen LogP contribution is -2.07. The van der Waals surface area contributed by atoms with Crippen LogP contribution in [0.2, 0.25) is 5.15 Å². The molecule has 0 atom stereocenters. The van der Waals surface area contributed by atoms with Gasteiger partial charge >= 0.3 is 5.97 Å². The average Bonchev–Trinajstić information content (AvgIpc) is 2.15. The fraction of sp³-hybridized carbons (Fsp3) is 0.200. The lowest BCUT2D eigenvalue weighted by atomic mass is 10.6. The molecule has 0 saturated carbocycles. The quantitative estimate of drug-likeness (QED) is 0.690. The normalized spacial score (nSPS) is 9.70. The Bertz CT molecular complexity index is 246. The SMILES string of the molecule is O=C(O)Cn1cncc1Cl. The largest absolute Gasteiger partial charge is 0.480 e. The highest BCUT2D eigenvalue weighted by molar-refractivity contribution is 6.29. The minimum absolute atomic E-state index is 0.140. The van der Waals surface area contributed by atoms with Gasteiger partial charge in [-0.25, -0.2) is 4.98 Å². The summed E-state index contributed by atoms with van der Waals surface area (Å²) in [6.45, 7) is -0.140. The van der Waals surface area contributed by atoms with E-state index in [-0.39, 0.29) is 6.54 Å². The van der Waals surface area contributed by atoms with Crippen molar-refractivity contribution in [2.45, 2.75) is 6.54 Å². The fourth-order valence-electron chi connectivity index (χ4n) is 0.567. The Morgan fingerprint density at radius 1 is 1.90 bits per heavy atom. The van der Waals surface area contributed by atoms with Crippen LogP contribution in [-0.4, -0.2) is 20.6 Å². The van der Waals surface area contributed by atoms with Crippen molar-refractivity contribution in [1.82, 2.24) is 9.55 Å². The molecule has 1 aromatic heterocycles. The summed E-state index contributed by atoms with van der Waals surface area (Å²) in [4.78, 5) is 13.8. The zero-order chi connectivity index (χ0) is 7.56. The monoisotopic (exact) mass is 160 g/mol. The van der Waals surface area contributed by atoms with Crippen molar-refractivity contribution >= 4 is 17.6 Å². The van der Waals surface area contributed by atoms with Crippen molar-refractivity contribution in [3.05, 3.63) is 17.7 Å². The van der Waals surface area contributed by atoms with Gasteiger partial charge in [0.15, 0.2) is 0 Å². The van der Waals surface area contributed by atoms with E-state index in [9.17, 15) is 4.79 Å². The molecular weight excluding hydrogens is 156 g/mol. The van der Waals surface area contributed by atoms with Crippen LogP contribution >= 0.6 is 11.6 Å². The summed E-state index contributed by atoms with van der Waals surface area (Å²) in [6, 6.07) is 0. The van der Waals surface area contributed by atoms with Crippen molar-refractivity contribution in [2.24, 2.45) is 0 Å². The van der Waals surface area contributed by atoms with Gasteiger partial charge in [0.2, 0.25) is 0 Å². The number of aromatic nitrogens is 2. The molecule has 4 nitrogen and oxygen atoms in total. The van der Waals surface area contributed by atoms with Gasteiger partial charge in [-0.05, 0) is 0 Å². The average molecular weight is 161 g/mol. The van der Waals surface area contributed by atoms with Crippen LogP contribution in [0.15, 0.2) is 12.5 Å². The lowest BCUT2D eigenvalue weighted by Gasteiger charge is -1.95. The molecule has 0 unspecified atom stereocenters. The first kappa shape index (κ1) is 7.08. The molecule has 1 heterocycles. The maximum atomic E-state index is 10.1. The van der Waals surface area contributed by atoms with Crippen molar-refractivity contribution in [1.29, 1.82) is 0 Å². The Balaban J connectivity index is 2.74. The number of imidazole rings is 1. The van der Waals surface area contributed by atoms with E-state index in [1.165, 1.54) is 17.1 Å². The molecule has 0 radical (unpaired) electrons. The van der Waals surface area contributed by atoms with E-state index in [4.69, 9.17) is 16.7 Å². The van der Waals surface area contributed by atoms with Crippen molar-refractivity contribution in [3.8, 4) is 0 Å². The van der Waals surface area contributed by atoms with Crippen LogP contribution in [0.5, 0.6) is 0 Å². The molecule has 10 heavy (non-hydrogen) atoms. The minimum Gasteiger partial charge on any atom is -0.480 e. The molecule has 1 aromatic rings. The highest BCUT2D eigenvalue weighted by atomic mass is 35.5. The first-order chi connectivity index (χ1) is 4.70. The molecule has 1 N–H and O–H groups in total. The van der Waals surface area contributed by atoms with E-state index in [1.807, 2.05) is 0 Å². The number of carbonyl (C=O) groups is 1. The van der Waals surface area contributed by atoms with Crippen LogP contribution in [0, 0.1) is 0 Å². The standard InChI is InChI=1S/C5H5ClN2O2/c6-4-1-7-3-8(4)2-5(9)10/h1,3H,2H2,(H,9,10). The van der Waals surface area contributed by atoms with Crippen LogP contribution in [0.4, 0.5) is 0 Å². The maximum absolute atomic E-state index is 10.1. The Hall–Kier alpha value is -1.03. The lowest BCUT2D eigenvalue weighted by molar-refractivity contribution is -0.137. The summed E-state index contributed by atoms with van der Waals surface area (Å²) in [6.07, 6.45) is 2.76. The van der Waals surface area contributed by atoms with Crippen LogP contribution in [0.1, 0.15) is 0 Å². The van der Waals surface area contributed by atoms with Gasteiger partial charge in [0, 0.05) is 0 Å². The Kier molecular flexibility index (Phi) is 1.91. The van der Waals surface area contributed by atoms with E-state index >= 15 is 0 Å². The van der Waals surface area contributed by atoms with Gasteiger partial charge in [0.05, 0.1) is 12.5 Å². The molecule has 5 heteroatoms. The molecule has 0 saturated heterocycles. The molecular formula is C5H5ClN2O2. The molecule has 0 spiro atoms. The third-order valence-electron chi connectivity index (χ3n) is 0.967. The van der Waals surface area contributed by atoms with Crippen LogP contribution < -0.4 is 0 Å². The topological polar surface area (TPSA) is 55.1 Å². The van der Waals surface area contributed by atoms with Crippen LogP contribution in [-0.2, 0) is 11.3 Å². The molecule has 0 aliphatic heterocycles. The van der Waals surface area contributed by atoms with Crippen LogP contribution in [0.3, 0.4) is 0 Å². The van der Waals surface area contributed by atoms with Gasteiger partial charge < -0.3 is 9.67 Å². The predicted octanol–water partition coefficient (Wildman–Crippen LogP) is 0.621. The van der Waals surface area contributed by atoms with Crippen molar-refractivity contribution < 1.29 is 9.90 Å². The highest BCUT2D eigenvalue weighted by Crippen LogP contribution is 2.05. The molecule has 0 aliphatic carbocycles. The van der Waals surface area contributed by atoms with E-state index < -0.39 is 5.97 Å². The summed E-state index contributed by atoms with van der Waals surface area (Å²) in [7, 11) is 0. The predicted molar refractivity (Wildman–Crippen MR) is 34.9 cm³/mol. The number of carboxylic acids is 1. The Morgan fingerprint density at radius 2 is 2.60 bits per heavy atom. The highest BCUT2D eigenvalue weighted by Gasteiger charge is 2.01. The Morgan fingerprint density at radius 3 is 3.00 bits per heavy atom. The number of hydrogen-bond donors (Lipinski definition) is 1.